The maximum atomic E-state index is 6.07. The Morgan fingerprint density at radius 1 is 0.958 bits per heavy atom. The Bertz CT molecular complexity index is 866. The minimum atomic E-state index is 0.576. The molecule has 122 valence electrons. The van der Waals surface area contributed by atoms with Gasteiger partial charge in [0.15, 0.2) is 5.16 Å². The molecule has 4 rings (SSSR count). The van der Waals surface area contributed by atoms with Gasteiger partial charge in [0.2, 0.25) is 5.95 Å². The lowest BCUT2D eigenvalue weighted by molar-refractivity contribution is 0.704. The van der Waals surface area contributed by atoms with E-state index in [0.29, 0.717) is 10.0 Å². The fourth-order valence-corrected chi connectivity index (χ4v) is 3.94. The molecule has 2 heterocycles. The van der Waals surface area contributed by atoms with Crippen LogP contribution in [0, 0.1) is 0 Å². The van der Waals surface area contributed by atoms with E-state index in [2.05, 4.69) is 31.8 Å². The fourth-order valence-electron chi connectivity index (χ4n) is 2.71. The van der Waals surface area contributed by atoms with Crippen molar-refractivity contribution in [3.63, 3.8) is 0 Å². The Balaban J connectivity index is 1.51. The van der Waals surface area contributed by atoms with E-state index in [-0.39, 0.29) is 0 Å². The zero-order chi connectivity index (χ0) is 16.5. The van der Waals surface area contributed by atoms with Gasteiger partial charge in [0.1, 0.15) is 0 Å². The molecule has 0 N–H and O–H groups in total. The van der Waals surface area contributed by atoms with E-state index in [4.69, 9.17) is 23.2 Å². The summed E-state index contributed by atoms with van der Waals surface area (Å²) in [6, 6.07) is 16.0. The average molecular weight is 377 g/mol. The van der Waals surface area contributed by atoms with Crippen LogP contribution in [0.3, 0.4) is 0 Å². The van der Waals surface area contributed by atoms with E-state index >= 15 is 0 Å². The number of hydrogen-bond donors (Lipinski definition) is 0. The predicted octanol–water partition coefficient (Wildman–Crippen LogP) is 5.03. The first-order chi connectivity index (χ1) is 11.7. The summed E-state index contributed by atoms with van der Waals surface area (Å²) >= 11 is 13.7. The molecular weight excluding hydrogens is 363 g/mol. The molecule has 24 heavy (non-hydrogen) atoms. The van der Waals surface area contributed by atoms with E-state index in [1.807, 2.05) is 36.4 Å². The van der Waals surface area contributed by atoms with E-state index in [1.165, 1.54) is 0 Å². The summed E-state index contributed by atoms with van der Waals surface area (Å²) in [6.45, 7) is 1.80. The van der Waals surface area contributed by atoms with Crippen molar-refractivity contribution in [1.29, 1.82) is 0 Å². The molecule has 0 atom stereocenters. The van der Waals surface area contributed by atoms with Crippen molar-refractivity contribution in [2.24, 2.45) is 0 Å². The molecule has 0 saturated heterocycles. The number of anilines is 2. The lowest BCUT2D eigenvalue weighted by Gasteiger charge is -2.14. The van der Waals surface area contributed by atoms with Crippen molar-refractivity contribution >= 4 is 46.6 Å². The molecular formula is C17H14Cl2N4S. The van der Waals surface area contributed by atoms with Crippen molar-refractivity contribution in [1.82, 2.24) is 14.8 Å². The number of fused-ring (bicyclic) bond motifs is 1. The first-order valence-electron chi connectivity index (χ1n) is 7.55. The lowest BCUT2D eigenvalue weighted by Crippen LogP contribution is -2.13. The van der Waals surface area contributed by atoms with E-state index in [0.717, 1.165) is 41.2 Å². The zero-order valence-corrected chi connectivity index (χ0v) is 15.0. The number of aromatic nitrogens is 3. The number of benzene rings is 2. The molecule has 0 unspecified atom stereocenters. The molecule has 2 aromatic carbocycles. The molecule has 0 radical (unpaired) electrons. The van der Waals surface area contributed by atoms with Crippen molar-refractivity contribution in [3.05, 3.63) is 64.1 Å². The smallest absolute Gasteiger partial charge is 0.232 e. The van der Waals surface area contributed by atoms with Crippen LogP contribution in [0.5, 0.6) is 0 Å². The molecule has 0 bridgehead atoms. The number of hydrogen-bond acceptors (Lipinski definition) is 4. The third-order valence-electron chi connectivity index (χ3n) is 3.91. The van der Waals surface area contributed by atoms with Crippen LogP contribution in [0.15, 0.2) is 53.7 Å². The van der Waals surface area contributed by atoms with Crippen LogP contribution in [0.4, 0.5) is 11.6 Å². The van der Waals surface area contributed by atoms with Gasteiger partial charge >= 0.3 is 0 Å². The molecule has 4 nitrogen and oxygen atoms in total. The largest absolute Gasteiger partial charge is 0.309 e. The molecule has 1 aromatic heterocycles. The van der Waals surface area contributed by atoms with Crippen molar-refractivity contribution < 1.29 is 0 Å². The highest BCUT2D eigenvalue weighted by atomic mass is 35.5. The summed E-state index contributed by atoms with van der Waals surface area (Å²) in [5.74, 6) is 1.68. The van der Waals surface area contributed by atoms with Crippen LogP contribution in [0.1, 0.15) is 5.56 Å². The Labute approximate surface area is 154 Å². The van der Waals surface area contributed by atoms with Gasteiger partial charge in [-0.25, -0.2) is 0 Å². The Morgan fingerprint density at radius 2 is 1.79 bits per heavy atom. The van der Waals surface area contributed by atoms with Crippen molar-refractivity contribution in [2.75, 3.05) is 11.4 Å². The van der Waals surface area contributed by atoms with E-state index in [9.17, 15) is 0 Å². The Kier molecular flexibility index (Phi) is 4.39. The van der Waals surface area contributed by atoms with Gasteiger partial charge in [-0.15, -0.1) is 10.2 Å². The van der Waals surface area contributed by atoms with Gasteiger partial charge in [0.05, 0.1) is 10.0 Å². The summed E-state index contributed by atoms with van der Waals surface area (Å²) in [4.78, 5) is 2.19. The molecule has 0 fully saturated rings. The summed E-state index contributed by atoms with van der Waals surface area (Å²) < 4.78 is 2.16. The normalized spacial score (nSPS) is 13.3. The highest BCUT2D eigenvalue weighted by molar-refractivity contribution is 7.98. The summed E-state index contributed by atoms with van der Waals surface area (Å²) in [7, 11) is 0. The topological polar surface area (TPSA) is 34.0 Å². The molecule has 0 spiro atoms. The quantitative estimate of drug-likeness (QED) is 0.598. The van der Waals surface area contributed by atoms with Crippen LogP contribution in [-0.2, 0) is 12.3 Å². The second-order valence-electron chi connectivity index (χ2n) is 5.46. The molecule has 0 amide bonds. The maximum absolute atomic E-state index is 6.07. The van der Waals surface area contributed by atoms with Crippen LogP contribution < -0.4 is 4.90 Å². The van der Waals surface area contributed by atoms with Gasteiger partial charge in [0, 0.05) is 24.5 Å². The van der Waals surface area contributed by atoms with Gasteiger partial charge in [-0.3, -0.25) is 4.57 Å². The monoisotopic (exact) mass is 376 g/mol. The van der Waals surface area contributed by atoms with Gasteiger partial charge < -0.3 is 4.90 Å². The second-order valence-corrected chi connectivity index (χ2v) is 7.22. The number of rotatable bonds is 4. The SMILES string of the molecule is Clc1ccc(CSc2nnc3n2CCN3c2ccccc2)cc1Cl. The third-order valence-corrected chi connectivity index (χ3v) is 5.68. The van der Waals surface area contributed by atoms with E-state index < -0.39 is 0 Å². The number of para-hydroxylation sites is 1. The second kappa shape index (κ2) is 6.67. The van der Waals surface area contributed by atoms with Gasteiger partial charge in [0.25, 0.3) is 0 Å². The molecule has 7 heteroatoms. The standard InChI is InChI=1S/C17H14Cl2N4S/c18-14-7-6-12(10-15(14)19)11-24-17-21-20-16-22(8-9-23(16)17)13-4-2-1-3-5-13/h1-7,10H,8-9,11H2. The summed E-state index contributed by atoms with van der Waals surface area (Å²) in [5, 5.41) is 10.8. The average Bonchev–Trinajstić information content (AvgIpc) is 3.19. The van der Waals surface area contributed by atoms with E-state index in [1.54, 1.807) is 11.8 Å². The minimum Gasteiger partial charge on any atom is -0.309 e. The highest BCUT2D eigenvalue weighted by Crippen LogP contribution is 2.33. The summed E-state index contributed by atoms with van der Waals surface area (Å²) in [5.41, 5.74) is 2.26. The van der Waals surface area contributed by atoms with Crippen molar-refractivity contribution in [3.8, 4) is 0 Å². The Hall–Kier alpha value is -1.69. The van der Waals surface area contributed by atoms with Crippen LogP contribution in [0.25, 0.3) is 0 Å². The third kappa shape index (κ3) is 2.99. The molecule has 1 aliphatic heterocycles. The summed E-state index contributed by atoms with van der Waals surface area (Å²) in [6.07, 6.45) is 0. The number of nitrogens with zero attached hydrogens (tertiary/aromatic N) is 4. The Morgan fingerprint density at radius 3 is 2.58 bits per heavy atom. The van der Waals surface area contributed by atoms with Gasteiger partial charge in [-0.05, 0) is 29.8 Å². The van der Waals surface area contributed by atoms with Gasteiger partial charge in [-0.1, -0.05) is 59.2 Å². The maximum Gasteiger partial charge on any atom is 0.232 e. The molecule has 1 aliphatic rings. The van der Waals surface area contributed by atoms with Crippen LogP contribution in [0.2, 0.25) is 10.0 Å². The lowest BCUT2D eigenvalue weighted by atomic mass is 10.2. The fraction of sp³-hybridized carbons (Fsp3) is 0.176. The van der Waals surface area contributed by atoms with Gasteiger partial charge in [-0.2, -0.15) is 0 Å². The van der Waals surface area contributed by atoms with Crippen LogP contribution in [-0.4, -0.2) is 21.3 Å². The first kappa shape index (κ1) is 15.8. The zero-order valence-electron chi connectivity index (χ0n) is 12.7. The van der Waals surface area contributed by atoms with Crippen molar-refractivity contribution in [2.45, 2.75) is 17.5 Å². The molecule has 0 aliphatic carbocycles. The van der Waals surface area contributed by atoms with Crippen LogP contribution >= 0.6 is 35.0 Å². The molecule has 3 aromatic rings. The predicted molar refractivity (Wildman–Crippen MR) is 99.5 cm³/mol. The first-order valence-corrected chi connectivity index (χ1v) is 9.29. The molecule has 0 saturated carbocycles. The number of thioether (sulfide) groups is 1. The number of halogens is 2. The minimum absolute atomic E-state index is 0.576. The highest BCUT2D eigenvalue weighted by Gasteiger charge is 2.25.